The van der Waals surface area contributed by atoms with Crippen LogP contribution in [0, 0.1) is 12.8 Å². The number of hydrogen-bond donors (Lipinski definition) is 1. The van der Waals surface area contributed by atoms with Gasteiger partial charge >= 0.3 is 0 Å². The summed E-state index contributed by atoms with van der Waals surface area (Å²) in [7, 11) is 1.83. The second kappa shape index (κ2) is 5.90. The molecule has 0 radical (unpaired) electrons. The predicted molar refractivity (Wildman–Crippen MR) is 81.8 cm³/mol. The van der Waals surface area contributed by atoms with E-state index in [2.05, 4.69) is 41.5 Å². The largest absolute Gasteiger partial charge is 0.376 e. The number of pyridine rings is 1. The first-order chi connectivity index (χ1) is 9.79. The fourth-order valence-corrected chi connectivity index (χ4v) is 3.30. The summed E-state index contributed by atoms with van der Waals surface area (Å²) < 4.78 is 5.88. The number of benzene rings is 1. The number of aromatic nitrogens is 1. The quantitative estimate of drug-likeness (QED) is 0.929. The molecule has 106 valence electrons. The highest BCUT2D eigenvalue weighted by Crippen LogP contribution is 2.35. The Labute approximate surface area is 120 Å². The van der Waals surface area contributed by atoms with Gasteiger partial charge in [-0.3, -0.25) is 4.98 Å². The van der Waals surface area contributed by atoms with Gasteiger partial charge in [0.1, 0.15) is 0 Å². The molecule has 1 saturated heterocycles. The van der Waals surface area contributed by atoms with Crippen molar-refractivity contribution in [3.05, 3.63) is 41.6 Å². The molecule has 20 heavy (non-hydrogen) atoms. The number of para-hydroxylation sites is 1. The molecule has 1 aromatic heterocycles. The van der Waals surface area contributed by atoms with E-state index in [1.54, 1.807) is 0 Å². The van der Waals surface area contributed by atoms with Gasteiger partial charge < -0.3 is 10.1 Å². The Bertz CT molecular complexity index is 591. The Hall–Kier alpha value is -1.45. The zero-order valence-corrected chi connectivity index (χ0v) is 12.2. The van der Waals surface area contributed by atoms with E-state index in [0.29, 0.717) is 5.92 Å². The molecule has 2 aromatic rings. The summed E-state index contributed by atoms with van der Waals surface area (Å²) in [4.78, 5) is 4.63. The maximum absolute atomic E-state index is 5.88. The number of nitrogens with zero attached hydrogens (tertiary/aromatic N) is 1. The standard InChI is InChI=1S/C17H22N2O/c1-12-11-15(14-5-3-4-6-16(14)19-12)17(20-2)13-7-9-18-10-8-13/h3-6,11,13,17-18H,7-10H2,1-2H3. The fraction of sp³-hybridized carbons (Fsp3) is 0.471. The summed E-state index contributed by atoms with van der Waals surface area (Å²) in [6.07, 6.45) is 2.52. The maximum atomic E-state index is 5.88. The number of piperidine rings is 1. The number of nitrogens with one attached hydrogen (secondary N) is 1. The normalized spacial score (nSPS) is 18.3. The average Bonchev–Trinajstić information content (AvgIpc) is 2.49. The highest BCUT2D eigenvalue weighted by molar-refractivity contribution is 5.82. The number of ether oxygens (including phenoxy) is 1. The summed E-state index contributed by atoms with van der Waals surface area (Å²) in [5.41, 5.74) is 3.43. The Balaban J connectivity index is 2.06. The summed E-state index contributed by atoms with van der Waals surface area (Å²) in [5.74, 6) is 0.589. The molecule has 1 atom stereocenters. The van der Waals surface area contributed by atoms with Gasteiger partial charge in [-0.2, -0.15) is 0 Å². The van der Waals surface area contributed by atoms with E-state index in [1.165, 1.54) is 23.8 Å². The minimum atomic E-state index is 0.170. The lowest BCUT2D eigenvalue weighted by molar-refractivity contribution is 0.0393. The lowest BCUT2D eigenvalue weighted by atomic mass is 9.86. The third-order valence-electron chi connectivity index (χ3n) is 4.25. The van der Waals surface area contributed by atoms with Gasteiger partial charge in [-0.05, 0) is 56.5 Å². The first-order valence-corrected chi connectivity index (χ1v) is 7.39. The molecule has 1 fully saturated rings. The smallest absolute Gasteiger partial charge is 0.0857 e. The van der Waals surface area contributed by atoms with Crippen molar-refractivity contribution in [3.63, 3.8) is 0 Å². The molecule has 1 aliphatic heterocycles. The van der Waals surface area contributed by atoms with Crippen LogP contribution in [0.25, 0.3) is 10.9 Å². The van der Waals surface area contributed by atoms with E-state index in [0.717, 1.165) is 24.3 Å². The van der Waals surface area contributed by atoms with Crippen LogP contribution in [0.3, 0.4) is 0 Å². The van der Waals surface area contributed by atoms with Crippen molar-refractivity contribution in [2.24, 2.45) is 5.92 Å². The van der Waals surface area contributed by atoms with E-state index in [4.69, 9.17) is 4.74 Å². The second-order valence-corrected chi connectivity index (χ2v) is 5.61. The van der Waals surface area contributed by atoms with Crippen LogP contribution in [0.15, 0.2) is 30.3 Å². The molecule has 1 aromatic carbocycles. The van der Waals surface area contributed by atoms with Crippen LogP contribution in [0.5, 0.6) is 0 Å². The summed E-state index contributed by atoms with van der Waals surface area (Å²) in [6.45, 7) is 4.24. The molecule has 0 saturated carbocycles. The molecular weight excluding hydrogens is 248 g/mol. The van der Waals surface area contributed by atoms with E-state index in [-0.39, 0.29) is 6.10 Å². The molecule has 0 bridgehead atoms. The van der Waals surface area contributed by atoms with Gasteiger partial charge in [0.25, 0.3) is 0 Å². The molecule has 3 rings (SSSR count). The zero-order chi connectivity index (χ0) is 13.9. The molecule has 1 unspecified atom stereocenters. The Morgan fingerprint density at radius 3 is 2.75 bits per heavy atom. The summed E-state index contributed by atoms with van der Waals surface area (Å²) in [6, 6.07) is 10.6. The van der Waals surface area contributed by atoms with Gasteiger partial charge in [-0.15, -0.1) is 0 Å². The van der Waals surface area contributed by atoms with E-state index in [1.807, 2.05) is 13.2 Å². The Morgan fingerprint density at radius 1 is 1.25 bits per heavy atom. The number of fused-ring (bicyclic) bond motifs is 1. The molecule has 0 spiro atoms. The van der Waals surface area contributed by atoms with Crippen molar-refractivity contribution in [2.45, 2.75) is 25.9 Å². The average molecular weight is 270 g/mol. The lowest BCUT2D eigenvalue weighted by Gasteiger charge is -2.30. The van der Waals surface area contributed by atoms with Gasteiger partial charge in [0, 0.05) is 18.2 Å². The Kier molecular flexibility index (Phi) is 3.99. The highest BCUT2D eigenvalue weighted by Gasteiger charge is 2.26. The lowest BCUT2D eigenvalue weighted by Crippen LogP contribution is -2.31. The number of rotatable bonds is 3. The van der Waals surface area contributed by atoms with Crippen LogP contribution in [-0.2, 0) is 4.74 Å². The van der Waals surface area contributed by atoms with Crippen molar-refractivity contribution in [1.29, 1.82) is 0 Å². The third-order valence-corrected chi connectivity index (χ3v) is 4.25. The monoisotopic (exact) mass is 270 g/mol. The zero-order valence-electron chi connectivity index (χ0n) is 12.2. The van der Waals surface area contributed by atoms with Crippen LogP contribution in [0.4, 0.5) is 0 Å². The first-order valence-electron chi connectivity index (χ1n) is 7.39. The number of hydrogen-bond acceptors (Lipinski definition) is 3. The van der Waals surface area contributed by atoms with Gasteiger partial charge in [-0.1, -0.05) is 18.2 Å². The molecule has 0 amide bonds. The minimum absolute atomic E-state index is 0.170. The van der Waals surface area contributed by atoms with Crippen molar-refractivity contribution < 1.29 is 4.74 Å². The van der Waals surface area contributed by atoms with Crippen LogP contribution >= 0.6 is 0 Å². The van der Waals surface area contributed by atoms with Crippen LogP contribution in [-0.4, -0.2) is 25.2 Å². The Morgan fingerprint density at radius 2 is 2.00 bits per heavy atom. The first kappa shape index (κ1) is 13.5. The van der Waals surface area contributed by atoms with E-state index in [9.17, 15) is 0 Å². The molecule has 3 heteroatoms. The summed E-state index contributed by atoms with van der Waals surface area (Å²) in [5, 5.41) is 4.65. The molecule has 1 N–H and O–H groups in total. The number of methoxy groups -OCH3 is 1. The van der Waals surface area contributed by atoms with Crippen LogP contribution < -0.4 is 5.32 Å². The summed E-state index contributed by atoms with van der Waals surface area (Å²) >= 11 is 0. The van der Waals surface area contributed by atoms with Crippen molar-refractivity contribution in [3.8, 4) is 0 Å². The topological polar surface area (TPSA) is 34.1 Å². The fourth-order valence-electron chi connectivity index (χ4n) is 3.30. The second-order valence-electron chi connectivity index (χ2n) is 5.61. The predicted octanol–water partition coefficient (Wildman–Crippen LogP) is 3.23. The highest BCUT2D eigenvalue weighted by atomic mass is 16.5. The van der Waals surface area contributed by atoms with Gasteiger partial charge in [0.05, 0.1) is 11.6 Å². The SMILES string of the molecule is COC(c1cc(C)nc2ccccc12)C1CCNCC1. The molecular formula is C17H22N2O. The van der Waals surface area contributed by atoms with Crippen molar-refractivity contribution in [1.82, 2.24) is 10.3 Å². The molecule has 2 heterocycles. The van der Waals surface area contributed by atoms with Crippen LogP contribution in [0.1, 0.15) is 30.2 Å². The van der Waals surface area contributed by atoms with E-state index < -0.39 is 0 Å². The van der Waals surface area contributed by atoms with Gasteiger partial charge in [0.15, 0.2) is 0 Å². The van der Waals surface area contributed by atoms with E-state index >= 15 is 0 Å². The van der Waals surface area contributed by atoms with Crippen molar-refractivity contribution >= 4 is 10.9 Å². The molecule has 0 aliphatic carbocycles. The van der Waals surface area contributed by atoms with Crippen LogP contribution in [0.2, 0.25) is 0 Å². The minimum Gasteiger partial charge on any atom is -0.376 e. The maximum Gasteiger partial charge on any atom is 0.0857 e. The van der Waals surface area contributed by atoms with Gasteiger partial charge in [-0.25, -0.2) is 0 Å². The van der Waals surface area contributed by atoms with Gasteiger partial charge in [0.2, 0.25) is 0 Å². The molecule has 3 nitrogen and oxygen atoms in total. The van der Waals surface area contributed by atoms with Crippen molar-refractivity contribution in [2.75, 3.05) is 20.2 Å². The number of aryl methyl sites for hydroxylation is 1. The molecule has 1 aliphatic rings. The third kappa shape index (κ3) is 2.56.